The number of nitrogens with zero attached hydrogens (tertiary/aromatic N) is 5. The highest BCUT2D eigenvalue weighted by atomic mass is 19.1. The van der Waals surface area contributed by atoms with Gasteiger partial charge in [0.25, 0.3) is 0 Å². The summed E-state index contributed by atoms with van der Waals surface area (Å²) >= 11 is 0. The molecule has 0 spiro atoms. The van der Waals surface area contributed by atoms with Gasteiger partial charge >= 0.3 is 0 Å². The molecule has 7 nitrogen and oxygen atoms in total. The van der Waals surface area contributed by atoms with Crippen molar-refractivity contribution in [2.45, 2.75) is 50.4 Å². The van der Waals surface area contributed by atoms with Crippen molar-refractivity contribution in [1.82, 2.24) is 20.2 Å². The van der Waals surface area contributed by atoms with Crippen LogP contribution in [0, 0.1) is 5.82 Å². The molecule has 2 aromatic heterocycles. The molecule has 2 aliphatic carbocycles. The van der Waals surface area contributed by atoms with E-state index in [0.29, 0.717) is 24.0 Å². The number of hydrogen-bond donors (Lipinski definition) is 1. The molecule has 2 saturated carbocycles. The zero-order valence-electron chi connectivity index (χ0n) is 17.6. The van der Waals surface area contributed by atoms with E-state index in [-0.39, 0.29) is 34.5 Å². The molecule has 9 heteroatoms. The van der Waals surface area contributed by atoms with Crippen LogP contribution in [0.1, 0.15) is 32.1 Å². The number of hydrogen-bond acceptors (Lipinski definition) is 7. The van der Waals surface area contributed by atoms with Crippen molar-refractivity contribution in [3.8, 4) is 34.1 Å². The van der Waals surface area contributed by atoms with Crippen LogP contribution in [0.2, 0.25) is 0 Å². The number of rotatable bonds is 6. The fourth-order valence-corrected chi connectivity index (χ4v) is 4.36. The number of aromatic nitrogens is 4. The minimum atomic E-state index is -0.858. The fourth-order valence-electron chi connectivity index (χ4n) is 4.36. The van der Waals surface area contributed by atoms with E-state index in [1.165, 1.54) is 31.6 Å². The molecule has 166 valence electrons. The smallest absolute Gasteiger partial charge is 0.216 e. The van der Waals surface area contributed by atoms with E-state index in [0.717, 1.165) is 25.7 Å². The molecular weight excluding hydrogens is 416 g/mol. The summed E-state index contributed by atoms with van der Waals surface area (Å²) in [6.45, 7) is 0. The largest absolute Gasteiger partial charge is 0.507 e. The Balaban J connectivity index is 1.44. The predicted octanol–water partition coefficient (Wildman–Crippen LogP) is 4.31. The van der Waals surface area contributed by atoms with Crippen LogP contribution < -0.4 is 9.64 Å². The van der Waals surface area contributed by atoms with Crippen LogP contribution >= 0.6 is 0 Å². The summed E-state index contributed by atoms with van der Waals surface area (Å²) in [7, 11) is 1.45. The average molecular weight is 439 g/mol. The lowest BCUT2D eigenvalue weighted by molar-refractivity contribution is 0.300. The number of aromatic hydroxyl groups is 1. The number of phenols is 1. The van der Waals surface area contributed by atoms with Gasteiger partial charge in [-0.2, -0.15) is 0 Å². The van der Waals surface area contributed by atoms with Gasteiger partial charge in [0.15, 0.2) is 5.82 Å². The van der Waals surface area contributed by atoms with Gasteiger partial charge in [0.2, 0.25) is 5.88 Å². The maximum atomic E-state index is 14.9. The van der Waals surface area contributed by atoms with Crippen LogP contribution in [-0.4, -0.2) is 50.6 Å². The van der Waals surface area contributed by atoms with Gasteiger partial charge in [0, 0.05) is 23.2 Å². The lowest BCUT2D eigenvalue weighted by Gasteiger charge is -2.31. The van der Waals surface area contributed by atoms with Gasteiger partial charge in [-0.05, 0) is 56.4 Å². The normalized spacial score (nSPS) is 20.3. The highest BCUT2D eigenvalue weighted by Crippen LogP contribution is 2.39. The Hall–Kier alpha value is -3.36. The van der Waals surface area contributed by atoms with E-state index < -0.39 is 12.0 Å². The Morgan fingerprint density at radius 2 is 1.84 bits per heavy atom. The number of methoxy groups -OCH3 is 1. The minimum absolute atomic E-state index is 0.117. The lowest BCUT2D eigenvalue weighted by Crippen LogP contribution is -2.41. The first-order valence-electron chi connectivity index (χ1n) is 10.7. The molecule has 3 aromatic rings. The Morgan fingerprint density at radius 1 is 1.00 bits per heavy atom. The number of benzene rings is 1. The molecule has 2 unspecified atom stereocenters. The molecule has 1 N–H and O–H groups in total. The number of phenolic OH excluding ortho intramolecular Hbond substituents is 1. The van der Waals surface area contributed by atoms with Crippen LogP contribution in [0.5, 0.6) is 11.6 Å². The summed E-state index contributed by atoms with van der Waals surface area (Å²) in [4.78, 5) is 10.0. The molecule has 0 radical (unpaired) electrons. The van der Waals surface area contributed by atoms with Crippen molar-refractivity contribution in [2.24, 2.45) is 0 Å². The second-order valence-corrected chi connectivity index (χ2v) is 8.22. The molecule has 0 bridgehead atoms. The van der Waals surface area contributed by atoms with Gasteiger partial charge in [-0.25, -0.2) is 18.7 Å². The topological polar surface area (TPSA) is 84.3 Å². The summed E-state index contributed by atoms with van der Waals surface area (Å²) in [6, 6.07) is 7.57. The molecule has 2 heterocycles. The van der Waals surface area contributed by atoms with Crippen LogP contribution in [0.4, 0.5) is 14.6 Å². The molecular formula is C23H23F2N5O2. The summed E-state index contributed by atoms with van der Waals surface area (Å²) < 4.78 is 34.3. The molecule has 5 rings (SSSR count). The fraction of sp³-hybridized carbons (Fsp3) is 0.391. The van der Waals surface area contributed by atoms with E-state index in [1.807, 2.05) is 0 Å². The second kappa shape index (κ2) is 8.29. The predicted molar refractivity (Wildman–Crippen MR) is 115 cm³/mol. The Labute approximate surface area is 184 Å². The second-order valence-electron chi connectivity index (χ2n) is 8.22. The van der Waals surface area contributed by atoms with Crippen molar-refractivity contribution in [3.63, 3.8) is 0 Å². The number of halogens is 2. The van der Waals surface area contributed by atoms with Gasteiger partial charge in [0.05, 0.1) is 24.5 Å². The summed E-state index contributed by atoms with van der Waals surface area (Å²) in [5.41, 5.74) is 0.950. The minimum Gasteiger partial charge on any atom is -0.507 e. The number of ether oxygens (including phenoxy) is 1. The van der Waals surface area contributed by atoms with E-state index in [9.17, 15) is 13.9 Å². The monoisotopic (exact) mass is 439 g/mol. The van der Waals surface area contributed by atoms with Gasteiger partial charge in [-0.15, -0.1) is 10.2 Å². The van der Waals surface area contributed by atoms with Gasteiger partial charge in [0.1, 0.15) is 24.1 Å². The quantitative estimate of drug-likeness (QED) is 0.613. The Bertz CT molecular complexity index is 1120. The molecule has 0 aliphatic heterocycles. The third kappa shape index (κ3) is 3.83. The van der Waals surface area contributed by atoms with Gasteiger partial charge in [-0.1, -0.05) is 0 Å². The Morgan fingerprint density at radius 3 is 2.50 bits per heavy atom. The first-order chi connectivity index (χ1) is 15.5. The Kier molecular flexibility index (Phi) is 5.32. The van der Waals surface area contributed by atoms with Crippen molar-refractivity contribution in [2.75, 3.05) is 12.0 Å². The van der Waals surface area contributed by atoms with Crippen LogP contribution in [0.15, 0.2) is 36.7 Å². The molecule has 2 aliphatic rings. The first-order valence-corrected chi connectivity index (χ1v) is 10.7. The number of anilines is 1. The molecule has 32 heavy (non-hydrogen) atoms. The van der Waals surface area contributed by atoms with E-state index in [1.54, 1.807) is 12.1 Å². The van der Waals surface area contributed by atoms with Gasteiger partial charge in [-0.3, -0.25) is 0 Å². The lowest BCUT2D eigenvalue weighted by atomic mass is 10.0. The van der Waals surface area contributed by atoms with Crippen LogP contribution in [0.25, 0.3) is 22.5 Å². The van der Waals surface area contributed by atoms with E-state index >= 15 is 0 Å². The summed E-state index contributed by atoms with van der Waals surface area (Å²) in [6.07, 6.45) is 4.71. The molecule has 2 fully saturated rings. The van der Waals surface area contributed by atoms with Gasteiger partial charge < -0.3 is 14.7 Å². The third-order valence-corrected chi connectivity index (χ3v) is 6.10. The highest BCUT2D eigenvalue weighted by Gasteiger charge is 2.41. The molecule has 2 atom stereocenters. The SMILES string of the molecule is COc1cc(-c2cc(O)c(-c3ccc(N(C4CC4)C4CCCC4F)nn3)cc2F)ncn1. The zero-order valence-corrected chi connectivity index (χ0v) is 17.6. The van der Waals surface area contributed by atoms with Crippen molar-refractivity contribution >= 4 is 5.82 Å². The van der Waals surface area contributed by atoms with Crippen molar-refractivity contribution in [3.05, 3.63) is 42.5 Å². The third-order valence-electron chi connectivity index (χ3n) is 6.10. The van der Waals surface area contributed by atoms with Crippen molar-refractivity contribution < 1.29 is 18.6 Å². The summed E-state index contributed by atoms with van der Waals surface area (Å²) in [5, 5.41) is 19.1. The molecule has 0 saturated heterocycles. The van der Waals surface area contributed by atoms with E-state index in [2.05, 4.69) is 25.1 Å². The average Bonchev–Trinajstić information content (AvgIpc) is 3.56. The highest BCUT2D eigenvalue weighted by molar-refractivity contribution is 5.74. The van der Waals surface area contributed by atoms with Crippen LogP contribution in [0.3, 0.4) is 0 Å². The standard InChI is InChI=1S/C23H23F2N5O2/c1-32-23-11-19(26-12-27-23)14-10-21(31)15(9-17(14)25)18-7-8-22(29-28-18)30(13-5-6-13)20-4-2-3-16(20)24/h7-13,16,20,31H,2-6H2,1H3. The molecule has 1 aromatic carbocycles. The van der Waals surface area contributed by atoms with E-state index in [4.69, 9.17) is 4.74 Å². The maximum Gasteiger partial charge on any atom is 0.216 e. The first kappa shape index (κ1) is 20.5. The zero-order chi connectivity index (χ0) is 22.2. The molecule has 0 amide bonds. The number of alkyl halides is 1. The van der Waals surface area contributed by atoms with Crippen LogP contribution in [-0.2, 0) is 0 Å². The summed E-state index contributed by atoms with van der Waals surface area (Å²) in [5.74, 6) is 0.183. The maximum absolute atomic E-state index is 14.9. The van der Waals surface area contributed by atoms with Crippen molar-refractivity contribution in [1.29, 1.82) is 0 Å².